The number of carboxylic acids is 1. The van der Waals surface area contributed by atoms with E-state index in [2.05, 4.69) is 0 Å². The van der Waals surface area contributed by atoms with Crippen LogP contribution in [0.5, 0.6) is 5.75 Å². The second-order valence-electron chi connectivity index (χ2n) is 5.80. The highest BCUT2D eigenvalue weighted by Crippen LogP contribution is 2.31. The third kappa shape index (κ3) is 4.32. The van der Waals surface area contributed by atoms with Crippen LogP contribution in [-0.4, -0.2) is 55.3 Å². The summed E-state index contributed by atoms with van der Waals surface area (Å²) in [5, 5.41) is 10.3. The average Bonchev–Trinajstić information content (AvgIpc) is 2.54. The molecule has 0 radical (unpaired) electrons. The third-order valence-corrected chi connectivity index (χ3v) is 4.58. The minimum Gasteiger partial charge on any atom is -0.482 e. The summed E-state index contributed by atoms with van der Waals surface area (Å²) in [6.45, 7) is 0.446. The van der Waals surface area contributed by atoms with Gasteiger partial charge in [-0.3, -0.25) is 9.59 Å². The number of ether oxygens (including phenoxy) is 2. The largest absolute Gasteiger partial charge is 0.482 e. The van der Waals surface area contributed by atoms with Crippen molar-refractivity contribution in [1.29, 1.82) is 0 Å². The van der Waals surface area contributed by atoms with E-state index in [1.165, 1.54) is 18.1 Å². The third-order valence-electron chi connectivity index (χ3n) is 4.05. The first kappa shape index (κ1) is 18.8. The Bertz CT molecular complexity index is 620. The Morgan fingerprint density at radius 3 is 2.75 bits per heavy atom. The molecular weight excluding hydrogens is 357 g/mol. The fourth-order valence-corrected chi connectivity index (χ4v) is 3.26. The minimum absolute atomic E-state index is 0.0655. The lowest BCUT2D eigenvalue weighted by Gasteiger charge is -2.39. The Labute approximate surface area is 150 Å². The van der Waals surface area contributed by atoms with Crippen LogP contribution in [0, 0.1) is 5.41 Å². The molecule has 1 saturated heterocycles. The zero-order valence-corrected chi connectivity index (χ0v) is 14.8. The number of hydrogen-bond acceptors (Lipinski definition) is 4. The molecule has 0 aliphatic carbocycles. The zero-order chi connectivity index (χ0) is 17.7. The highest BCUT2D eigenvalue weighted by atomic mass is 35.5. The van der Waals surface area contributed by atoms with E-state index in [0.717, 1.165) is 0 Å². The standard InChI is InChI=1S/C16H19Cl2NO5/c1-23-10-16(15(21)22)5-2-6-19(9-16)14(20)8-24-13-4-3-11(17)7-12(13)18/h3-4,7H,2,5-6,8-10H2,1H3,(H,21,22). The number of rotatable bonds is 6. The number of methoxy groups -OCH3 is 1. The Balaban J connectivity index is 2.00. The normalized spacial score (nSPS) is 20.7. The number of nitrogens with zero attached hydrogens (tertiary/aromatic N) is 1. The predicted octanol–water partition coefficient (Wildman–Crippen LogP) is 2.71. The minimum atomic E-state index is -1.07. The van der Waals surface area contributed by atoms with Gasteiger partial charge < -0.3 is 19.5 Å². The molecule has 0 bridgehead atoms. The van der Waals surface area contributed by atoms with Gasteiger partial charge in [-0.25, -0.2) is 0 Å². The summed E-state index contributed by atoms with van der Waals surface area (Å²) in [5.41, 5.74) is -1.07. The first-order chi connectivity index (χ1) is 11.4. The van der Waals surface area contributed by atoms with Crippen LogP contribution in [0.3, 0.4) is 0 Å². The van der Waals surface area contributed by atoms with Crippen LogP contribution in [0.4, 0.5) is 0 Å². The number of aliphatic carboxylic acids is 1. The molecule has 1 unspecified atom stereocenters. The smallest absolute Gasteiger partial charge is 0.313 e. The van der Waals surface area contributed by atoms with Crippen LogP contribution in [0.1, 0.15) is 12.8 Å². The fourth-order valence-electron chi connectivity index (χ4n) is 2.80. The van der Waals surface area contributed by atoms with Crippen LogP contribution < -0.4 is 4.74 Å². The maximum absolute atomic E-state index is 12.4. The maximum Gasteiger partial charge on any atom is 0.313 e. The van der Waals surface area contributed by atoms with E-state index in [9.17, 15) is 14.7 Å². The van der Waals surface area contributed by atoms with Crippen molar-refractivity contribution in [3.05, 3.63) is 28.2 Å². The number of carbonyl (C=O) groups is 2. The lowest BCUT2D eigenvalue weighted by atomic mass is 9.80. The number of piperidine rings is 1. The summed E-state index contributed by atoms with van der Waals surface area (Å²) < 4.78 is 10.5. The lowest BCUT2D eigenvalue weighted by molar-refractivity contribution is -0.159. The van der Waals surface area contributed by atoms with Crippen molar-refractivity contribution in [1.82, 2.24) is 4.90 Å². The first-order valence-electron chi connectivity index (χ1n) is 7.46. The summed E-state index contributed by atoms with van der Waals surface area (Å²) in [5.74, 6) is -0.890. The van der Waals surface area contributed by atoms with E-state index in [1.807, 2.05) is 0 Å². The van der Waals surface area contributed by atoms with E-state index in [1.54, 1.807) is 12.1 Å². The van der Waals surface area contributed by atoms with Gasteiger partial charge in [-0.1, -0.05) is 23.2 Å². The first-order valence-corrected chi connectivity index (χ1v) is 8.21. The van der Waals surface area contributed by atoms with Gasteiger partial charge in [-0.2, -0.15) is 0 Å². The molecule has 8 heteroatoms. The number of halogens is 2. The summed E-state index contributed by atoms with van der Waals surface area (Å²) in [6, 6.07) is 4.72. The SMILES string of the molecule is COCC1(C(=O)O)CCCN(C(=O)COc2ccc(Cl)cc2Cl)C1. The van der Waals surface area contributed by atoms with Crippen molar-refractivity contribution >= 4 is 35.1 Å². The second kappa shape index (κ2) is 8.05. The van der Waals surface area contributed by atoms with Gasteiger partial charge in [0.15, 0.2) is 6.61 Å². The van der Waals surface area contributed by atoms with Gasteiger partial charge in [-0.15, -0.1) is 0 Å². The number of benzene rings is 1. The molecule has 6 nitrogen and oxygen atoms in total. The van der Waals surface area contributed by atoms with Gasteiger partial charge in [0.2, 0.25) is 0 Å². The molecule has 0 saturated carbocycles. The van der Waals surface area contributed by atoms with Crippen LogP contribution in [-0.2, 0) is 14.3 Å². The van der Waals surface area contributed by atoms with Crippen LogP contribution in [0.2, 0.25) is 10.0 Å². The summed E-state index contributed by atoms with van der Waals surface area (Å²) in [7, 11) is 1.46. The molecule has 1 aliphatic heterocycles. The molecule has 1 aromatic carbocycles. The maximum atomic E-state index is 12.4. The zero-order valence-electron chi connectivity index (χ0n) is 13.3. The van der Waals surface area contributed by atoms with E-state index >= 15 is 0 Å². The van der Waals surface area contributed by atoms with Crippen molar-refractivity contribution in [3.63, 3.8) is 0 Å². The van der Waals surface area contributed by atoms with Crippen molar-refractivity contribution in [2.24, 2.45) is 5.41 Å². The van der Waals surface area contributed by atoms with Gasteiger partial charge in [0.25, 0.3) is 5.91 Å². The molecule has 1 aromatic rings. The van der Waals surface area contributed by atoms with E-state index in [-0.39, 0.29) is 25.7 Å². The molecular formula is C16H19Cl2NO5. The van der Waals surface area contributed by atoms with Gasteiger partial charge in [-0.05, 0) is 31.0 Å². The van der Waals surface area contributed by atoms with Crippen molar-refractivity contribution in [3.8, 4) is 5.75 Å². The van der Waals surface area contributed by atoms with Crippen LogP contribution >= 0.6 is 23.2 Å². The van der Waals surface area contributed by atoms with Crippen molar-refractivity contribution in [2.75, 3.05) is 33.4 Å². The molecule has 24 heavy (non-hydrogen) atoms. The van der Waals surface area contributed by atoms with E-state index in [4.69, 9.17) is 32.7 Å². The van der Waals surface area contributed by atoms with Gasteiger partial charge in [0.1, 0.15) is 11.2 Å². The van der Waals surface area contributed by atoms with Gasteiger partial charge in [0.05, 0.1) is 11.6 Å². The van der Waals surface area contributed by atoms with Gasteiger partial charge in [0, 0.05) is 25.2 Å². The molecule has 132 valence electrons. The van der Waals surface area contributed by atoms with Crippen LogP contribution in [0.25, 0.3) is 0 Å². The Kier molecular flexibility index (Phi) is 6.32. The molecule has 2 rings (SSSR count). The number of carbonyl (C=O) groups excluding carboxylic acids is 1. The van der Waals surface area contributed by atoms with E-state index < -0.39 is 11.4 Å². The molecule has 1 fully saturated rings. The Hall–Kier alpha value is -1.50. The second-order valence-corrected chi connectivity index (χ2v) is 6.64. The summed E-state index contributed by atoms with van der Waals surface area (Å²) in [4.78, 5) is 25.5. The molecule has 1 heterocycles. The molecule has 0 spiro atoms. The highest BCUT2D eigenvalue weighted by Gasteiger charge is 2.43. The summed E-state index contributed by atoms with van der Waals surface area (Å²) >= 11 is 11.8. The van der Waals surface area contributed by atoms with Crippen molar-refractivity contribution < 1.29 is 24.2 Å². The molecule has 1 atom stereocenters. The predicted molar refractivity (Wildman–Crippen MR) is 89.7 cm³/mol. The monoisotopic (exact) mass is 375 g/mol. The highest BCUT2D eigenvalue weighted by molar-refractivity contribution is 6.35. The van der Waals surface area contributed by atoms with Crippen LogP contribution in [0.15, 0.2) is 18.2 Å². The van der Waals surface area contributed by atoms with E-state index in [0.29, 0.717) is 35.2 Å². The molecule has 1 N–H and O–H groups in total. The Morgan fingerprint density at radius 1 is 1.38 bits per heavy atom. The van der Waals surface area contributed by atoms with Gasteiger partial charge >= 0.3 is 5.97 Å². The molecule has 1 amide bonds. The topological polar surface area (TPSA) is 76.1 Å². The lowest BCUT2D eigenvalue weighted by Crippen LogP contribution is -2.53. The number of carboxylic acid groups (broad SMARTS) is 1. The summed E-state index contributed by atoms with van der Waals surface area (Å²) in [6.07, 6.45) is 1.08. The number of hydrogen-bond donors (Lipinski definition) is 1. The fraction of sp³-hybridized carbons (Fsp3) is 0.500. The number of likely N-dealkylation sites (tertiary alicyclic amines) is 1. The quantitative estimate of drug-likeness (QED) is 0.826. The molecule has 1 aliphatic rings. The molecule has 0 aromatic heterocycles. The van der Waals surface area contributed by atoms with Crippen molar-refractivity contribution in [2.45, 2.75) is 12.8 Å². The average molecular weight is 376 g/mol. The Morgan fingerprint density at radius 2 is 2.12 bits per heavy atom. The number of amides is 1.